The molecule has 0 unspecified atom stereocenters. The fourth-order valence-corrected chi connectivity index (χ4v) is 2.64. The van der Waals surface area contributed by atoms with Crippen LogP contribution in [0.25, 0.3) is 0 Å². The molecule has 0 radical (unpaired) electrons. The van der Waals surface area contributed by atoms with Gasteiger partial charge in [0.15, 0.2) is 0 Å². The molecule has 4 nitrogen and oxygen atoms in total. The first-order valence-electron chi connectivity index (χ1n) is 7.71. The minimum Gasteiger partial charge on any atom is -0.507 e. The Hall–Kier alpha value is -2.82. The summed E-state index contributed by atoms with van der Waals surface area (Å²) in [5.74, 6) is -0.176. The summed E-state index contributed by atoms with van der Waals surface area (Å²) < 4.78 is 0. The van der Waals surface area contributed by atoms with Crippen LogP contribution in [0.1, 0.15) is 15.9 Å². The molecule has 0 bridgehead atoms. The van der Waals surface area contributed by atoms with E-state index in [1.54, 1.807) is 60.7 Å². The highest BCUT2D eigenvalue weighted by Gasteiger charge is 2.07. The molecule has 6 heteroatoms. The van der Waals surface area contributed by atoms with Gasteiger partial charge in [-0.3, -0.25) is 9.79 Å². The highest BCUT2D eigenvalue weighted by Crippen LogP contribution is 2.23. The summed E-state index contributed by atoms with van der Waals surface area (Å²) in [5, 5.41) is 13.6. The highest BCUT2D eigenvalue weighted by molar-refractivity contribution is 6.31. The fourth-order valence-electron chi connectivity index (χ4n) is 2.27. The average molecular weight is 385 g/mol. The Kier molecular flexibility index (Phi) is 5.56. The van der Waals surface area contributed by atoms with Crippen molar-refractivity contribution in [3.8, 4) is 5.75 Å². The van der Waals surface area contributed by atoms with Crippen LogP contribution in [0, 0.1) is 0 Å². The third kappa shape index (κ3) is 4.63. The number of hydrogen-bond acceptors (Lipinski definition) is 3. The lowest BCUT2D eigenvalue weighted by Crippen LogP contribution is -2.11. The first-order chi connectivity index (χ1) is 12.5. The van der Waals surface area contributed by atoms with Gasteiger partial charge in [-0.15, -0.1) is 0 Å². The maximum absolute atomic E-state index is 12.3. The Morgan fingerprint density at radius 2 is 1.73 bits per heavy atom. The number of benzene rings is 3. The molecule has 0 aliphatic carbocycles. The lowest BCUT2D eigenvalue weighted by molar-refractivity contribution is 0.102. The van der Waals surface area contributed by atoms with E-state index in [0.29, 0.717) is 32.5 Å². The van der Waals surface area contributed by atoms with Gasteiger partial charge in [-0.05, 0) is 54.6 Å². The Morgan fingerprint density at radius 3 is 2.54 bits per heavy atom. The van der Waals surface area contributed by atoms with E-state index in [9.17, 15) is 9.90 Å². The van der Waals surface area contributed by atoms with Crippen molar-refractivity contribution < 1.29 is 9.90 Å². The molecular weight excluding hydrogens is 371 g/mol. The Morgan fingerprint density at radius 1 is 0.962 bits per heavy atom. The zero-order chi connectivity index (χ0) is 18.5. The molecule has 0 aromatic heterocycles. The summed E-state index contributed by atoms with van der Waals surface area (Å²) in [7, 11) is 0. The minimum atomic E-state index is -0.263. The van der Waals surface area contributed by atoms with Gasteiger partial charge in [-0.1, -0.05) is 35.3 Å². The molecule has 0 aliphatic heterocycles. The van der Waals surface area contributed by atoms with Crippen molar-refractivity contribution in [1.29, 1.82) is 0 Å². The topological polar surface area (TPSA) is 61.7 Å². The number of nitrogens with zero attached hydrogens (tertiary/aromatic N) is 1. The zero-order valence-electron chi connectivity index (χ0n) is 13.5. The van der Waals surface area contributed by atoms with Crippen LogP contribution in [0.5, 0.6) is 5.75 Å². The number of phenolic OH excluding ortho intramolecular Hbond substituents is 1. The molecule has 3 aromatic rings. The number of hydrogen-bond donors (Lipinski definition) is 2. The molecule has 1 amide bonds. The van der Waals surface area contributed by atoms with Gasteiger partial charge in [0.1, 0.15) is 5.75 Å². The third-order valence-corrected chi connectivity index (χ3v) is 4.00. The molecule has 0 spiro atoms. The van der Waals surface area contributed by atoms with Crippen molar-refractivity contribution in [1.82, 2.24) is 0 Å². The molecule has 3 rings (SSSR count). The summed E-state index contributed by atoms with van der Waals surface area (Å²) in [6.45, 7) is 0. The van der Waals surface area contributed by atoms with Gasteiger partial charge in [0.25, 0.3) is 5.91 Å². The molecule has 0 saturated heterocycles. The van der Waals surface area contributed by atoms with Gasteiger partial charge in [0, 0.05) is 33.1 Å². The van der Waals surface area contributed by atoms with Gasteiger partial charge in [0.05, 0.1) is 5.69 Å². The smallest absolute Gasteiger partial charge is 0.255 e. The van der Waals surface area contributed by atoms with E-state index in [2.05, 4.69) is 10.3 Å². The Bertz CT molecular complexity index is 987. The number of halogens is 2. The SMILES string of the molecule is O=C(Nc1cccc(N=Cc2cc(Cl)ccc2O)c1)c1cccc(Cl)c1. The number of carbonyl (C=O) groups is 1. The predicted octanol–water partition coefficient (Wildman–Crippen LogP) is 5.70. The lowest BCUT2D eigenvalue weighted by atomic mass is 10.2. The van der Waals surface area contributed by atoms with Crippen LogP contribution in [-0.4, -0.2) is 17.2 Å². The number of nitrogens with one attached hydrogen (secondary N) is 1. The molecule has 26 heavy (non-hydrogen) atoms. The second kappa shape index (κ2) is 8.04. The maximum Gasteiger partial charge on any atom is 0.255 e. The van der Waals surface area contributed by atoms with Gasteiger partial charge >= 0.3 is 0 Å². The number of phenols is 1. The summed E-state index contributed by atoms with van der Waals surface area (Å²) in [4.78, 5) is 16.6. The quantitative estimate of drug-likeness (QED) is 0.566. The zero-order valence-corrected chi connectivity index (χ0v) is 15.0. The van der Waals surface area contributed by atoms with Crippen molar-refractivity contribution in [2.75, 3.05) is 5.32 Å². The second-order valence-corrected chi connectivity index (χ2v) is 6.35. The van der Waals surface area contributed by atoms with E-state index in [1.165, 1.54) is 12.3 Å². The number of aliphatic imine (C=N–C) groups is 1. The molecule has 0 heterocycles. The number of carbonyl (C=O) groups excluding carboxylic acids is 1. The van der Waals surface area contributed by atoms with E-state index in [-0.39, 0.29) is 11.7 Å². The molecular formula is C20H14Cl2N2O2. The fraction of sp³-hybridized carbons (Fsp3) is 0. The summed E-state index contributed by atoms with van der Waals surface area (Å²) >= 11 is 11.8. The largest absolute Gasteiger partial charge is 0.507 e. The number of aromatic hydroxyl groups is 1. The number of amides is 1. The summed E-state index contributed by atoms with van der Waals surface area (Å²) in [6, 6.07) is 18.5. The predicted molar refractivity (Wildman–Crippen MR) is 106 cm³/mol. The van der Waals surface area contributed by atoms with E-state index < -0.39 is 0 Å². The van der Waals surface area contributed by atoms with Crippen LogP contribution in [0.4, 0.5) is 11.4 Å². The molecule has 0 saturated carbocycles. The van der Waals surface area contributed by atoms with Crippen molar-refractivity contribution in [3.05, 3.63) is 87.9 Å². The van der Waals surface area contributed by atoms with Crippen LogP contribution >= 0.6 is 23.2 Å². The molecule has 3 aromatic carbocycles. The summed E-state index contributed by atoms with van der Waals surface area (Å²) in [5.41, 5.74) is 2.19. The first kappa shape index (κ1) is 18.0. The molecule has 130 valence electrons. The number of rotatable bonds is 4. The van der Waals surface area contributed by atoms with Crippen LogP contribution in [0.3, 0.4) is 0 Å². The van der Waals surface area contributed by atoms with E-state index in [1.807, 2.05) is 0 Å². The molecule has 0 fully saturated rings. The van der Waals surface area contributed by atoms with Crippen molar-refractivity contribution in [2.45, 2.75) is 0 Å². The van der Waals surface area contributed by atoms with Crippen molar-refractivity contribution in [2.24, 2.45) is 4.99 Å². The van der Waals surface area contributed by atoms with Crippen molar-refractivity contribution >= 4 is 46.7 Å². The molecule has 2 N–H and O–H groups in total. The van der Waals surface area contributed by atoms with Gasteiger partial charge in [-0.25, -0.2) is 0 Å². The van der Waals surface area contributed by atoms with Crippen LogP contribution < -0.4 is 5.32 Å². The molecule has 0 atom stereocenters. The monoisotopic (exact) mass is 384 g/mol. The van der Waals surface area contributed by atoms with E-state index in [0.717, 1.165) is 0 Å². The van der Waals surface area contributed by atoms with Crippen LogP contribution in [-0.2, 0) is 0 Å². The number of anilines is 1. The van der Waals surface area contributed by atoms with Crippen molar-refractivity contribution in [3.63, 3.8) is 0 Å². The van der Waals surface area contributed by atoms with Crippen LogP contribution in [0.15, 0.2) is 71.7 Å². The summed E-state index contributed by atoms with van der Waals surface area (Å²) in [6.07, 6.45) is 1.51. The molecule has 0 aliphatic rings. The minimum absolute atomic E-state index is 0.0866. The Labute approximate surface area is 160 Å². The third-order valence-electron chi connectivity index (χ3n) is 3.53. The average Bonchev–Trinajstić information content (AvgIpc) is 2.63. The van der Waals surface area contributed by atoms with Crippen LogP contribution in [0.2, 0.25) is 10.0 Å². The normalized spacial score (nSPS) is 10.8. The second-order valence-electron chi connectivity index (χ2n) is 5.48. The van der Waals surface area contributed by atoms with E-state index in [4.69, 9.17) is 23.2 Å². The lowest BCUT2D eigenvalue weighted by Gasteiger charge is -2.06. The highest BCUT2D eigenvalue weighted by atomic mass is 35.5. The first-order valence-corrected chi connectivity index (χ1v) is 8.46. The van der Waals surface area contributed by atoms with Gasteiger partial charge in [-0.2, -0.15) is 0 Å². The standard InChI is InChI=1S/C20H14Cl2N2O2/c21-15-4-1-3-13(9-15)20(26)24-18-6-2-5-17(11-18)23-12-14-10-16(22)7-8-19(14)25/h1-12,25H,(H,24,26). The Balaban J connectivity index is 1.77. The van der Waals surface area contributed by atoms with Gasteiger partial charge < -0.3 is 10.4 Å². The van der Waals surface area contributed by atoms with Gasteiger partial charge in [0.2, 0.25) is 0 Å². The van der Waals surface area contributed by atoms with E-state index >= 15 is 0 Å². The maximum atomic E-state index is 12.3.